The van der Waals surface area contributed by atoms with Gasteiger partial charge in [-0.25, -0.2) is 4.98 Å². The predicted octanol–water partition coefficient (Wildman–Crippen LogP) is 7.34. The molecule has 0 saturated carbocycles. The highest BCUT2D eigenvalue weighted by Crippen LogP contribution is 2.38. The first-order chi connectivity index (χ1) is 14.9. The third-order valence-corrected chi connectivity index (χ3v) is 7.70. The fourth-order valence-corrected chi connectivity index (χ4v) is 6.07. The molecular weight excluding hydrogens is 400 g/mol. The number of hydrogen-bond donors (Lipinski definition) is 0. The van der Waals surface area contributed by atoms with Crippen LogP contribution >= 0.6 is 11.3 Å². The average molecular weight is 428 g/mol. The minimum absolute atomic E-state index is 0.450. The molecule has 0 N–H and O–H groups in total. The van der Waals surface area contributed by atoms with Crippen LogP contribution in [-0.2, 0) is 0 Å². The molecule has 4 heteroatoms. The van der Waals surface area contributed by atoms with Crippen molar-refractivity contribution in [1.29, 1.82) is 0 Å². The summed E-state index contributed by atoms with van der Waals surface area (Å²) in [7, 11) is 0. The van der Waals surface area contributed by atoms with Gasteiger partial charge in [-0.05, 0) is 56.0 Å². The van der Waals surface area contributed by atoms with Gasteiger partial charge in [0.05, 0.1) is 10.4 Å². The third-order valence-electron chi connectivity index (χ3n) is 6.14. The Kier molecular flexibility index (Phi) is 4.71. The number of benzene rings is 2. The summed E-state index contributed by atoms with van der Waals surface area (Å²) in [6.07, 6.45) is 1.79. The van der Waals surface area contributed by atoms with E-state index in [2.05, 4.69) is 87.5 Å². The van der Waals surface area contributed by atoms with Crippen molar-refractivity contribution < 1.29 is 8.98 Å². The van der Waals surface area contributed by atoms with Gasteiger partial charge in [-0.1, -0.05) is 49.4 Å². The van der Waals surface area contributed by atoms with Crippen molar-refractivity contribution in [1.82, 2.24) is 4.98 Å². The van der Waals surface area contributed by atoms with Gasteiger partial charge >= 0.3 is 0 Å². The van der Waals surface area contributed by atoms with E-state index < -0.39 is 0 Å². The lowest BCUT2D eigenvalue weighted by atomic mass is 10.0. The molecule has 5 rings (SSSR count). The van der Waals surface area contributed by atoms with Gasteiger partial charge in [-0.3, -0.25) is 0 Å². The van der Waals surface area contributed by atoms with Crippen molar-refractivity contribution in [2.75, 3.05) is 0 Å². The van der Waals surface area contributed by atoms with E-state index in [0.29, 0.717) is 11.6 Å². The van der Waals surface area contributed by atoms with Gasteiger partial charge in [-0.2, -0.15) is 0 Å². The zero-order chi connectivity index (χ0) is 21.9. The maximum atomic E-state index is 6.37. The van der Waals surface area contributed by atoms with E-state index in [1.54, 1.807) is 6.20 Å². The highest BCUT2D eigenvalue weighted by molar-refractivity contribution is 7.14. The first kappa shape index (κ1) is 20.0. The van der Waals surface area contributed by atoms with Crippen LogP contribution in [0.5, 0.6) is 0 Å². The molecule has 0 aliphatic carbocycles. The topological polar surface area (TPSA) is 29.9 Å². The smallest absolute Gasteiger partial charge is 0.276 e. The summed E-state index contributed by atoms with van der Waals surface area (Å²) in [4.78, 5) is 5.88. The number of nitrogens with zero attached hydrogens (tertiary/aromatic N) is 2. The van der Waals surface area contributed by atoms with Crippen LogP contribution in [0.15, 0.2) is 53.1 Å². The minimum Gasteiger partial charge on any atom is -0.431 e. The maximum Gasteiger partial charge on any atom is 0.276 e. The Balaban J connectivity index is 1.94. The molecule has 3 nitrogen and oxygen atoms in total. The van der Waals surface area contributed by atoms with Gasteiger partial charge < -0.3 is 4.42 Å². The Morgan fingerprint density at radius 3 is 2.32 bits per heavy atom. The van der Waals surface area contributed by atoms with E-state index in [0.717, 1.165) is 22.0 Å². The second-order valence-electron chi connectivity index (χ2n) is 8.68. The van der Waals surface area contributed by atoms with Gasteiger partial charge in [0.15, 0.2) is 5.69 Å². The van der Waals surface area contributed by atoms with E-state index >= 15 is 0 Å². The highest BCUT2D eigenvalue weighted by Gasteiger charge is 2.33. The molecule has 2 aromatic carbocycles. The van der Waals surface area contributed by atoms with E-state index in [1.807, 2.05) is 17.4 Å². The fraction of sp³-hybridized carbons (Fsp3) is 0.259. The molecule has 31 heavy (non-hydrogen) atoms. The number of rotatable bonds is 3. The van der Waals surface area contributed by atoms with Gasteiger partial charge in [-0.15, -0.1) is 4.57 Å². The van der Waals surface area contributed by atoms with Crippen LogP contribution in [0.4, 0.5) is 0 Å². The minimum atomic E-state index is 0.450. The summed E-state index contributed by atoms with van der Waals surface area (Å²) in [6, 6.07) is 15.0. The molecule has 0 aliphatic heterocycles. The molecule has 5 aromatic rings. The number of aromatic nitrogens is 2. The Morgan fingerprint density at radius 1 is 0.871 bits per heavy atom. The number of aryl methyl sites for hydroxylation is 3. The largest absolute Gasteiger partial charge is 0.431 e. The molecule has 3 heterocycles. The Bertz CT molecular complexity index is 1440. The molecule has 0 aliphatic rings. The molecule has 0 radical (unpaired) electrons. The molecule has 156 valence electrons. The third kappa shape index (κ3) is 3.01. The van der Waals surface area contributed by atoms with Crippen LogP contribution in [0, 0.1) is 27.7 Å². The summed E-state index contributed by atoms with van der Waals surface area (Å²) in [5.41, 5.74) is 9.09. The quantitative estimate of drug-likeness (QED) is 0.282. The lowest BCUT2D eigenvalue weighted by Crippen LogP contribution is -2.35. The van der Waals surface area contributed by atoms with E-state index in [9.17, 15) is 0 Å². The van der Waals surface area contributed by atoms with Crippen molar-refractivity contribution in [3.05, 3.63) is 75.9 Å². The second kappa shape index (κ2) is 7.31. The fourth-order valence-electron chi connectivity index (χ4n) is 4.64. The Hall–Kier alpha value is -2.98. The summed E-state index contributed by atoms with van der Waals surface area (Å²) in [5, 5.41) is 3.44. The van der Waals surface area contributed by atoms with Crippen LogP contribution in [0.2, 0.25) is 0 Å². The summed E-state index contributed by atoms with van der Waals surface area (Å²) >= 11 is 1.90. The molecule has 0 atom stereocenters. The van der Waals surface area contributed by atoms with Gasteiger partial charge in [0.1, 0.15) is 0 Å². The number of thiazole rings is 1. The molecule has 0 bridgehead atoms. The molecule has 0 unspecified atom stereocenters. The number of hydrogen-bond acceptors (Lipinski definition) is 3. The number of fused-ring (bicyclic) bond motifs is 3. The molecule has 0 fully saturated rings. The van der Waals surface area contributed by atoms with E-state index in [1.165, 1.54) is 37.8 Å². The van der Waals surface area contributed by atoms with Crippen molar-refractivity contribution in [3.63, 3.8) is 0 Å². The van der Waals surface area contributed by atoms with Gasteiger partial charge in [0.2, 0.25) is 11.3 Å². The van der Waals surface area contributed by atoms with Crippen LogP contribution in [0.3, 0.4) is 0 Å². The van der Waals surface area contributed by atoms with Crippen LogP contribution in [0.25, 0.3) is 38.3 Å². The summed E-state index contributed by atoms with van der Waals surface area (Å²) in [5.74, 6) is 0.450. The lowest BCUT2D eigenvalue weighted by Gasteiger charge is -2.08. The molecule has 3 aromatic heterocycles. The van der Waals surface area contributed by atoms with Crippen molar-refractivity contribution in [2.24, 2.45) is 0 Å². The summed E-state index contributed by atoms with van der Waals surface area (Å²) in [6.45, 7) is 13.4. The van der Waals surface area contributed by atoms with Crippen LogP contribution < -0.4 is 4.57 Å². The lowest BCUT2D eigenvalue weighted by molar-refractivity contribution is -0.585. The average Bonchev–Trinajstić information content (AvgIpc) is 3.26. The standard InChI is InChI=1S/C27H27N2OS/c1-15(2)25-19(6)29(27(31-25)22-16(3)9-7-10-17(22)4)23-18(5)12-13-20-21-11-8-14-28-26(21)30-24(20)23/h7-15H,1-6H3/q+1. The highest BCUT2D eigenvalue weighted by atomic mass is 32.1. The van der Waals surface area contributed by atoms with Crippen LogP contribution in [-0.4, -0.2) is 4.98 Å². The molecular formula is C27H27N2OS+. The zero-order valence-electron chi connectivity index (χ0n) is 18.9. The maximum absolute atomic E-state index is 6.37. The second-order valence-corrected chi connectivity index (χ2v) is 9.71. The first-order valence-electron chi connectivity index (χ1n) is 10.8. The van der Waals surface area contributed by atoms with Gasteiger partial charge in [0, 0.05) is 29.5 Å². The Morgan fingerprint density at radius 2 is 1.61 bits per heavy atom. The first-order valence-corrected chi connectivity index (χ1v) is 11.6. The van der Waals surface area contributed by atoms with E-state index in [4.69, 9.17) is 4.42 Å². The number of furan rings is 1. The van der Waals surface area contributed by atoms with Crippen molar-refractivity contribution in [3.8, 4) is 16.3 Å². The van der Waals surface area contributed by atoms with Crippen molar-refractivity contribution in [2.45, 2.75) is 47.5 Å². The van der Waals surface area contributed by atoms with Crippen LogP contribution in [0.1, 0.15) is 47.0 Å². The monoisotopic (exact) mass is 427 g/mol. The number of pyridine rings is 1. The molecule has 0 spiro atoms. The normalized spacial score (nSPS) is 11.8. The van der Waals surface area contributed by atoms with E-state index in [-0.39, 0.29) is 0 Å². The Labute approximate surface area is 187 Å². The SMILES string of the molecule is Cc1cccc(C)c1-c1sc(C(C)C)c(C)[n+]1-c1c(C)ccc2c1oc1ncccc12. The molecule has 0 amide bonds. The van der Waals surface area contributed by atoms with Gasteiger partial charge in [0.25, 0.3) is 10.7 Å². The zero-order valence-corrected chi connectivity index (χ0v) is 19.7. The molecule has 0 saturated heterocycles. The summed E-state index contributed by atoms with van der Waals surface area (Å²) < 4.78 is 8.79. The van der Waals surface area contributed by atoms with Crippen molar-refractivity contribution >= 4 is 33.4 Å². The predicted molar refractivity (Wildman–Crippen MR) is 129 cm³/mol.